The van der Waals surface area contributed by atoms with Gasteiger partial charge in [-0.15, -0.1) is 11.3 Å². The molecule has 3 rings (SSSR count). The third-order valence-corrected chi connectivity index (χ3v) is 5.85. The summed E-state index contributed by atoms with van der Waals surface area (Å²) in [6, 6.07) is 4.42. The van der Waals surface area contributed by atoms with Crippen LogP contribution < -0.4 is 9.64 Å². The molecule has 0 aliphatic carbocycles. The molecule has 0 saturated carbocycles. The van der Waals surface area contributed by atoms with Crippen LogP contribution in [0, 0.1) is 0 Å². The summed E-state index contributed by atoms with van der Waals surface area (Å²) >= 11 is 5.34. The van der Waals surface area contributed by atoms with Gasteiger partial charge in [-0.05, 0) is 41.4 Å². The first-order valence-corrected chi connectivity index (χ1v) is 9.38. The minimum absolute atomic E-state index is 0.430. The molecule has 124 valence electrons. The standard InChI is InChI=1S/C16H21BrN4OS/c1-20(16-18-6-5-15(19-16)22-2)13-4-3-7-21(9-13)10-14-8-12(17)11-23-14/h5-6,8,11,13H,3-4,7,9-10H2,1-2H3. The van der Waals surface area contributed by atoms with Gasteiger partial charge in [0.15, 0.2) is 0 Å². The third-order valence-electron chi connectivity index (χ3n) is 4.17. The molecule has 1 unspecified atom stereocenters. The lowest BCUT2D eigenvalue weighted by Gasteiger charge is -2.37. The van der Waals surface area contributed by atoms with Crippen LogP contribution in [-0.4, -0.2) is 48.2 Å². The number of nitrogens with zero attached hydrogens (tertiary/aromatic N) is 4. The number of halogens is 1. The summed E-state index contributed by atoms with van der Waals surface area (Å²) < 4.78 is 6.38. The summed E-state index contributed by atoms with van der Waals surface area (Å²) in [4.78, 5) is 14.9. The van der Waals surface area contributed by atoms with E-state index in [0.717, 1.165) is 25.6 Å². The van der Waals surface area contributed by atoms with Gasteiger partial charge in [0.1, 0.15) is 0 Å². The quantitative estimate of drug-likeness (QED) is 0.774. The van der Waals surface area contributed by atoms with Crippen LogP contribution in [0.25, 0.3) is 0 Å². The van der Waals surface area contributed by atoms with Crippen LogP contribution >= 0.6 is 27.3 Å². The van der Waals surface area contributed by atoms with E-state index in [4.69, 9.17) is 4.74 Å². The maximum Gasteiger partial charge on any atom is 0.228 e. The lowest BCUT2D eigenvalue weighted by Crippen LogP contribution is -2.46. The predicted octanol–water partition coefficient (Wildman–Crippen LogP) is 3.41. The average molecular weight is 397 g/mol. The van der Waals surface area contributed by atoms with Crippen LogP contribution in [0.15, 0.2) is 28.2 Å². The molecular weight excluding hydrogens is 376 g/mol. The summed E-state index contributed by atoms with van der Waals surface area (Å²) in [6.07, 6.45) is 4.12. The zero-order valence-corrected chi connectivity index (χ0v) is 15.8. The normalized spacial score (nSPS) is 18.8. The van der Waals surface area contributed by atoms with Gasteiger partial charge in [0.05, 0.1) is 7.11 Å². The van der Waals surface area contributed by atoms with E-state index in [1.807, 2.05) is 11.3 Å². The molecule has 7 heteroatoms. The van der Waals surface area contributed by atoms with Crippen molar-refractivity contribution in [1.82, 2.24) is 14.9 Å². The number of piperidine rings is 1. The van der Waals surface area contributed by atoms with Crippen LogP contribution in [0.4, 0.5) is 5.95 Å². The fraction of sp³-hybridized carbons (Fsp3) is 0.500. The number of aromatic nitrogens is 2. The number of anilines is 1. The molecule has 0 bridgehead atoms. The fourth-order valence-electron chi connectivity index (χ4n) is 2.93. The van der Waals surface area contributed by atoms with Crippen LogP contribution in [0.2, 0.25) is 0 Å². The second-order valence-electron chi connectivity index (χ2n) is 5.77. The maximum absolute atomic E-state index is 5.20. The number of thiophene rings is 1. The Morgan fingerprint density at radius 2 is 2.39 bits per heavy atom. The van der Waals surface area contributed by atoms with Crippen molar-refractivity contribution < 1.29 is 4.74 Å². The van der Waals surface area contributed by atoms with E-state index >= 15 is 0 Å². The molecule has 3 heterocycles. The SMILES string of the molecule is COc1ccnc(N(C)C2CCCN(Cc3cc(Br)cs3)C2)n1. The topological polar surface area (TPSA) is 41.5 Å². The molecule has 0 amide bonds. The average Bonchev–Trinajstić information content (AvgIpc) is 2.99. The van der Waals surface area contributed by atoms with Crippen molar-refractivity contribution in [3.05, 3.63) is 33.1 Å². The summed E-state index contributed by atoms with van der Waals surface area (Å²) in [5.74, 6) is 1.34. The smallest absolute Gasteiger partial charge is 0.228 e. The Kier molecular flexibility index (Phi) is 5.50. The Morgan fingerprint density at radius 1 is 1.52 bits per heavy atom. The van der Waals surface area contributed by atoms with Crippen LogP contribution in [0.5, 0.6) is 5.88 Å². The molecule has 23 heavy (non-hydrogen) atoms. The molecule has 2 aromatic rings. The highest BCUT2D eigenvalue weighted by Gasteiger charge is 2.25. The van der Waals surface area contributed by atoms with Crippen LogP contribution in [0.3, 0.4) is 0 Å². The van der Waals surface area contributed by atoms with Crippen molar-refractivity contribution in [3.8, 4) is 5.88 Å². The van der Waals surface area contributed by atoms with E-state index in [1.54, 1.807) is 19.4 Å². The third kappa shape index (κ3) is 4.22. The van der Waals surface area contributed by atoms with Crippen molar-refractivity contribution >= 4 is 33.2 Å². The second kappa shape index (κ2) is 7.59. The largest absolute Gasteiger partial charge is 0.481 e. The summed E-state index contributed by atoms with van der Waals surface area (Å²) in [7, 11) is 3.71. The number of rotatable bonds is 5. The predicted molar refractivity (Wildman–Crippen MR) is 97.3 cm³/mol. The second-order valence-corrected chi connectivity index (χ2v) is 7.68. The summed E-state index contributed by atoms with van der Waals surface area (Å²) in [5, 5.41) is 2.15. The van der Waals surface area contributed by atoms with Gasteiger partial charge in [-0.25, -0.2) is 4.98 Å². The highest BCUT2D eigenvalue weighted by molar-refractivity contribution is 9.10. The highest BCUT2D eigenvalue weighted by Crippen LogP contribution is 2.24. The Bertz CT molecular complexity index is 651. The van der Waals surface area contributed by atoms with Gasteiger partial charge in [-0.2, -0.15) is 4.98 Å². The number of hydrogen-bond donors (Lipinski definition) is 0. The number of ether oxygens (including phenoxy) is 1. The van der Waals surface area contributed by atoms with Crippen LogP contribution in [-0.2, 0) is 6.54 Å². The fourth-order valence-corrected chi connectivity index (χ4v) is 4.42. The molecular formula is C16H21BrN4OS. The van der Waals surface area contributed by atoms with Gasteiger partial charge < -0.3 is 9.64 Å². The number of methoxy groups -OCH3 is 1. The number of hydrogen-bond acceptors (Lipinski definition) is 6. The van der Waals surface area contributed by atoms with Gasteiger partial charge in [0.25, 0.3) is 0 Å². The van der Waals surface area contributed by atoms with Crippen molar-refractivity contribution in [2.75, 3.05) is 32.1 Å². The molecule has 0 N–H and O–H groups in total. The minimum Gasteiger partial charge on any atom is -0.481 e. The van der Waals surface area contributed by atoms with Crippen molar-refractivity contribution in [3.63, 3.8) is 0 Å². The number of likely N-dealkylation sites (N-methyl/N-ethyl adjacent to an activating group) is 1. The highest BCUT2D eigenvalue weighted by atomic mass is 79.9. The zero-order valence-electron chi connectivity index (χ0n) is 13.4. The van der Waals surface area contributed by atoms with Crippen molar-refractivity contribution in [2.24, 2.45) is 0 Å². The van der Waals surface area contributed by atoms with Crippen molar-refractivity contribution in [2.45, 2.75) is 25.4 Å². The molecule has 0 spiro atoms. The first kappa shape index (κ1) is 16.7. The van der Waals surface area contributed by atoms with Gasteiger partial charge >= 0.3 is 0 Å². The van der Waals surface area contributed by atoms with Gasteiger partial charge in [-0.1, -0.05) is 0 Å². The van der Waals surface area contributed by atoms with E-state index in [9.17, 15) is 0 Å². The van der Waals surface area contributed by atoms with E-state index in [0.29, 0.717) is 11.9 Å². The Morgan fingerprint density at radius 3 is 3.13 bits per heavy atom. The monoisotopic (exact) mass is 396 g/mol. The molecule has 2 aromatic heterocycles. The van der Waals surface area contributed by atoms with E-state index in [-0.39, 0.29) is 0 Å². The molecule has 1 aliphatic rings. The van der Waals surface area contributed by atoms with E-state index in [2.05, 4.69) is 54.2 Å². The van der Waals surface area contributed by atoms with Crippen LogP contribution in [0.1, 0.15) is 17.7 Å². The van der Waals surface area contributed by atoms with E-state index < -0.39 is 0 Å². The molecule has 1 fully saturated rings. The molecule has 1 saturated heterocycles. The summed E-state index contributed by atoms with van der Waals surface area (Å²) in [6.45, 7) is 3.20. The van der Waals surface area contributed by atoms with Gasteiger partial charge in [-0.3, -0.25) is 4.90 Å². The molecule has 1 aliphatic heterocycles. The van der Waals surface area contributed by atoms with Gasteiger partial charge in [0, 0.05) is 53.2 Å². The summed E-state index contributed by atoms with van der Waals surface area (Å²) in [5.41, 5.74) is 0. The Labute approximate surface area is 149 Å². The first-order chi connectivity index (χ1) is 11.2. The first-order valence-electron chi connectivity index (χ1n) is 7.71. The lowest BCUT2D eigenvalue weighted by molar-refractivity contribution is 0.199. The number of likely N-dealkylation sites (tertiary alicyclic amines) is 1. The maximum atomic E-state index is 5.20. The molecule has 5 nitrogen and oxygen atoms in total. The molecule has 0 aromatic carbocycles. The minimum atomic E-state index is 0.430. The molecule has 1 atom stereocenters. The van der Waals surface area contributed by atoms with E-state index in [1.165, 1.54) is 22.2 Å². The van der Waals surface area contributed by atoms with Gasteiger partial charge in [0.2, 0.25) is 11.8 Å². The molecule has 0 radical (unpaired) electrons. The Hall–Kier alpha value is -1.18. The lowest BCUT2D eigenvalue weighted by atomic mass is 10.0. The van der Waals surface area contributed by atoms with Crippen molar-refractivity contribution in [1.29, 1.82) is 0 Å². The zero-order chi connectivity index (χ0) is 16.2. The Balaban J connectivity index is 1.65.